The second-order valence-electron chi connectivity index (χ2n) is 5.16. The van der Waals surface area contributed by atoms with Crippen molar-refractivity contribution in [1.82, 2.24) is 0 Å². The minimum absolute atomic E-state index is 0.114. The molecule has 0 aliphatic carbocycles. The van der Waals surface area contributed by atoms with Crippen LogP contribution in [-0.4, -0.2) is 16.7 Å². The summed E-state index contributed by atoms with van der Waals surface area (Å²) in [6.07, 6.45) is 2.62. The summed E-state index contributed by atoms with van der Waals surface area (Å²) in [5, 5.41) is 22.8. The van der Waals surface area contributed by atoms with Crippen LogP contribution in [0, 0.1) is 27.4 Å². The topological polar surface area (TPSA) is 108 Å². The van der Waals surface area contributed by atoms with E-state index in [9.17, 15) is 20.2 Å². The van der Waals surface area contributed by atoms with Crippen LogP contribution in [0.4, 0.5) is 5.69 Å². The Morgan fingerprint density at radius 3 is 2.50 bits per heavy atom. The van der Waals surface area contributed by atoms with E-state index in [0.29, 0.717) is 11.3 Å². The Bertz CT molecular complexity index is 713. The summed E-state index contributed by atoms with van der Waals surface area (Å²) < 4.78 is 0. The molecule has 0 bridgehead atoms. The molecule has 0 radical (unpaired) electrons. The molecule has 1 aliphatic rings. The standard InChI is InChI=1S/C15H14N4O3/c1-10(2)14(20)17-12-5-3-11(4-6-12)15(9-16)8-7-13(18-15)19(21)22/h3-8,10H,1-2H3,(H,17,20). The van der Waals surface area contributed by atoms with E-state index in [4.69, 9.17) is 0 Å². The fourth-order valence-corrected chi connectivity index (χ4v) is 1.93. The Labute approximate surface area is 127 Å². The zero-order valence-electron chi connectivity index (χ0n) is 12.1. The third kappa shape index (κ3) is 2.86. The summed E-state index contributed by atoms with van der Waals surface area (Å²) >= 11 is 0. The molecule has 7 heteroatoms. The Morgan fingerprint density at radius 1 is 1.41 bits per heavy atom. The van der Waals surface area contributed by atoms with Gasteiger partial charge in [-0.25, -0.2) is 0 Å². The van der Waals surface area contributed by atoms with Crippen molar-refractivity contribution in [2.45, 2.75) is 19.4 Å². The highest BCUT2D eigenvalue weighted by molar-refractivity contribution is 5.92. The molecule has 112 valence electrons. The third-order valence-electron chi connectivity index (χ3n) is 3.24. The Kier molecular flexibility index (Phi) is 4.04. The van der Waals surface area contributed by atoms with E-state index in [1.807, 2.05) is 6.07 Å². The molecule has 1 atom stereocenters. The number of hydrogen-bond acceptors (Lipinski definition) is 5. The molecular formula is C15H14N4O3. The highest BCUT2D eigenvalue weighted by Gasteiger charge is 2.41. The highest BCUT2D eigenvalue weighted by Crippen LogP contribution is 2.31. The molecule has 0 aromatic heterocycles. The molecule has 2 rings (SSSR count). The summed E-state index contributed by atoms with van der Waals surface area (Å²) in [4.78, 5) is 25.6. The third-order valence-corrected chi connectivity index (χ3v) is 3.24. The minimum Gasteiger partial charge on any atom is -0.358 e. The lowest BCUT2D eigenvalue weighted by atomic mass is 9.93. The normalized spacial score (nSPS) is 19.6. The molecule has 1 N–H and O–H groups in total. The zero-order chi connectivity index (χ0) is 16.3. The van der Waals surface area contributed by atoms with Gasteiger partial charge in [-0.15, -0.1) is 0 Å². The lowest BCUT2D eigenvalue weighted by molar-refractivity contribution is -0.348. The molecule has 0 fully saturated rings. The van der Waals surface area contributed by atoms with Crippen LogP contribution in [0.1, 0.15) is 19.4 Å². The maximum atomic E-state index is 11.6. The number of amidine groups is 1. The van der Waals surface area contributed by atoms with Crippen LogP contribution in [0.5, 0.6) is 0 Å². The van der Waals surface area contributed by atoms with E-state index in [-0.39, 0.29) is 17.7 Å². The van der Waals surface area contributed by atoms with Crippen molar-refractivity contribution in [2.24, 2.45) is 10.9 Å². The molecule has 1 heterocycles. The molecule has 1 unspecified atom stereocenters. The van der Waals surface area contributed by atoms with Crippen LogP contribution in [0.3, 0.4) is 0 Å². The van der Waals surface area contributed by atoms with Crippen molar-refractivity contribution >= 4 is 17.4 Å². The van der Waals surface area contributed by atoms with E-state index < -0.39 is 10.5 Å². The molecule has 1 aromatic carbocycles. The largest absolute Gasteiger partial charge is 0.360 e. The molecule has 1 aliphatic heterocycles. The number of nitro groups is 1. The van der Waals surface area contributed by atoms with Gasteiger partial charge >= 0.3 is 5.84 Å². The van der Waals surface area contributed by atoms with Crippen LogP contribution in [-0.2, 0) is 10.3 Å². The number of aliphatic imine (C=N–C) groups is 1. The first kappa shape index (κ1) is 15.4. The summed E-state index contributed by atoms with van der Waals surface area (Å²) in [7, 11) is 0. The first-order valence-electron chi connectivity index (χ1n) is 6.64. The molecule has 0 spiro atoms. The number of amides is 1. The van der Waals surface area contributed by atoms with Crippen molar-refractivity contribution < 1.29 is 9.72 Å². The second kappa shape index (κ2) is 5.77. The van der Waals surface area contributed by atoms with Gasteiger partial charge in [-0.05, 0) is 28.1 Å². The van der Waals surface area contributed by atoms with Crippen LogP contribution >= 0.6 is 0 Å². The van der Waals surface area contributed by atoms with Gasteiger partial charge in [0.1, 0.15) is 6.07 Å². The van der Waals surface area contributed by atoms with Crippen molar-refractivity contribution in [3.05, 3.63) is 52.1 Å². The number of nitrogens with zero attached hydrogens (tertiary/aromatic N) is 3. The van der Waals surface area contributed by atoms with Crippen molar-refractivity contribution in [3.8, 4) is 6.07 Å². The summed E-state index contributed by atoms with van der Waals surface area (Å²) in [5.74, 6) is -0.606. The van der Waals surface area contributed by atoms with Gasteiger partial charge in [0.15, 0.2) is 0 Å². The van der Waals surface area contributed by atoms with Gasteiger partial charge in [-0.3, -0.25) is 4.79 Å². The molecular weight excluding hydrogens is 284 g/mol. The summed E-state index contributed by atoms with van der Waals surface area (Å²) in [6, 6.07) is 8.51. The maximum Gasteiger partial charge on any atom is 0.360 e. The quantitative estimate of drug-likeness (QED) is 0.681. The molecule has 22 heavy (non-hydrogen) atoms. The average molecular weight is 298 g/mol. The number of hydrogen-bond donors (Lipinski definition) is 1. The van der Waals surface area contributed by atoms with Gasteiger partial charge in [0.25, 0.3) is 5.54 Å². The smallest absolute Gasteiger partial charge is 0.358 e. The number of rotatable bonds is 3. The van der Waals surface area contributed by atoms with Gasteiger partial charge in [0, 0.05) is 23.2 Å². The number of carbonyl (C=O) groups is 1. The van der Waals surface area contributed by atoms with Crippen LogP contribution in [0.15, 0.2) is 41.4 Å². The first-order valence-corrected chi connectivity index (χ1v) is 6.64. The van der Waals surface area contributed by atoms with E-state index in [2.05, 4.69) is 10.3 Å². The molecule has 0 saturated heterocycles. The summed E-state index contributed by atoms with van der Waals surface area (Å²) in [6.45, 7) is 3.57. The Morgan fingerprint density at radius 2 is 2.05 bits per heavy atom. The number of carbonyl (C=O) groups excluding carboxylic acids is 1. The first-order chi connectivity index (χ1) is 10.4. The zero-order valence-corrected chi connectivity index (χ0v) is 12.1. The van der Waals surface area contributed by atoms with Crippen LogP contribution < -0.4 is 5.32 Å². The van der Waals surface area contributed by atoms with Crippen molar-refractivity contribution in [1.29, 1.82) is 5.26 Å². The Balaban J connectivity index is 2.27. The van der Waals surface area contributed by atoms with E-state index >= 15 is 0 Å². The van der Waals surface area contributed by atoms with E-state index in [0.717, 1.165) is 0 Å². The average Bonchev–Trinajstić information content (AvgIpc) is 2.94. The molecule has 1 amide bonds. The van der Waals surface area contributed by atoms with Crippen LogP contribution in [0.25, 0.3) is 0 Å². The fraction of sp³-hybridized carbons (Fsp3) is 0.267. The number of benzene rings is 1. The SMILES string of the molecule is CC(C)C(=O)Nc1ccc(C2(C#N)C=CC([N+](=O)[O-])=N2)cc1. The molecule has 1 aromatic rings. The van der Waals surface area contributed by atoms with E-state index in [1.54, 1.807) is 38.1 Å². The number of nitrogens with one attached hydrogen (secondary N) is 1. The van der Waals surface area contributed by atoms with Crippen LogP contribution in [0.2, 0.25) is 0 Å². The van der Waals surface area contributed by atoms with Gasteiger partial charge in [0.05, 0.1) is 0 Å². The molecule has 7 nitrogen and oxygen atoms in total. The maximum absolute atomic E-state index is 11.6. The molecule has 0 saturated carbocycles. The predicted molar refractivity (Wildman–Crippen MR) is 80.8 cm³/mol. The monoisotopic (exact) mass is 298 g/mol. The second-order valence-corrected chi connectivity index (χ2v) is 5.16. The van der Waals surface area contributed by atoms with Gasteiger partial charge in [-0.2, -0.15) is 5.26 Å². The van der Waals surface area contributed by atoms with Gasteiger partial charge in [-0.1, -0.05) is 26.0 Å². The van der Waals surface area contributed by atoms with E-state index in [1.165, 1.54) is 12.2 Å². The van der Waals surface area contributed by atoms with Gasteiger partial charge < -0.3 is 15.4 Å². The highest BCUT2D eigenvalue weighted by atomic mass is 16.6. The fourth-order valence-electron chi connectivity index (χ4n) is 1.93. The van der Waals surface area contributed by atoms with Gasteiger partial charge in [0.2, 0.25) is 5.91 Å². The van der Waals surface area contributed by atoms with Crippen molar-refractivity contribution in [2.75, 3.05) is 5.32 Å². The number of anilines is 1. The minimum atomic E-state index is -1.39. The lowest BCUT2D eigenvalue weighted by Gasteiger charge is -2.12. The Hall–Kier alpha value is -3.01. The summed E-state index contributed by atoms with van der Waals surface area (Å²) in [5.41, 5.74) is -0.287. The predicted octanol–water partition coefficient (Wildman–Crippen LogP) is 2.24. The number of nitriles is 1. The van der Waals surface area contributed by atoms with Crippen molar-refractivity contribution in [3.63, 3.8) is 0 Å². The lowest BCUT2D eigenvalue weighted by Crippen LogP contribution is -2.19.